The number of amides is 2. The first-order chi connectivity index (χ1) is 12.5. The monoisotopic (exact) mass is 353 g/mol. The number of nitro benzene ring substituents is 1. The molecule has 2 aromatic rings. The summed E-state index contributed by atoms with van der Waals surface area (Å²) in [4.78, 5) is 37.6. The summed E-state index contributed by atoms with van der Waals surface area (Å²) in [6.07, 6.45) is 0.156. The van der Waals surface area contributed by atoms with Crippen LogP contribution in [0.25, 0.3) is 0 Å². The van der Waals surface area contributed by atoms with Crippen LogP contribution in [0.3, 0.4) is 0 Å². The van der Waals surface area contributed by atoms with E-state index in [1.54, 1.807) is 17.9 Å². The second-order valence-corrected chi connectivity index (χ2v) is 6.19. The van der Waals surface area contributed by atoms with Crippen molar-refractivity contribution in [2.24, 2.45) is 0 Å². The molecule has 2 amide bonds. The van der Waals surface area contributed by atoms with Gasteiger partial charge in [0.05, 0.1) is 17.4 Å². The van der Waals surface area contributed by atoms with Crippen molar-refractivity contribution in [3.8, 4) is 0 Å². The van der Waals surface area contributed by atoms with Crippen molar-refractivity contribution < 1.29 is 14.5 Å². The quantitative estimate of drug-likeness (QED) is 0.678. The fourth-order valence-corrected chi connectivity index (χ4v) is 3.25. The maximum absolute atomic E-state index is 13.2. The lowest BCUT2D eigenvalue weighted by Crippen LogP contribution is -2.37. The maximum Gasteiger partial charge on any atom is 0.273 e. The zero-order chi connectivity index (χ0) is 18.7. The molecule has 0 saturated carbocycles. The van der Waals surface area contributed by atoms with E-state index in [4.69, 9.17) is 0 Å². The van der Waals surface area contributed by atoms with Crippen molar-refractivity contribution in [3.63, 3.8) is 0 Å². The van der Waals surface area contributed by atoms with Crippen LogP contribution in [0.15, 0.2) is 48.5 Å². The fourth-order valence-electron chi connectivity index (χ4n) is 3.25. The Labute approximate surface area is 150 Å². The summed E-state index contributed by atoms with van der Waals surface area (Å²) >= 11 is 0. The van der Waals surface area contributed by atoms with Crippen LogP contribution in [0.5, 0.6) is 0 Å². The summed E-state index contributed by atoms with van der Waals surface area (Å²) in [6, 6.07) is 13.4. The van der Waals surface area contributed by atoms with Gasteiger partial charge in [-0.1, -0.05) is 36.4 Å². The van der Waals surface area contributed by atoms with Crippen LogP contribution in [0.1, 0.15) is 33.9 Å². The summed E-state index contributed by atoms with van der Waals surface area (Å²) in [5.74, 6) is -0.429. The van der Waals surface area contributed by atoms with Crippen LogP contribution in [-0.2, 0) is 4.79 Å². The molecule has 0 spiro atoms. The molecule has 3 rings (SSSR count). The van der Waals surface area contributed by atoms with E-state index in [0.29, 0.717) is 18.7 Å². The molecule has 134 valence electrons. The minimum absolute atomic E-state index is 0.0869. The SMILES string of the molecule is Cc1c(C(=O)N2CCNC(=O)C[C@H]2c2ccccc2)cccc1[N+](=O)[O-]. The van der Waals surface area contributed by atoms with Crippen LogP contribution in [0.4, 0.5) is 5.69 Å². The van der Waals surface area contributed by atoms with E-state index in [2.05, 4.69) is 5.32 Å². The summed E-state index contributed by atoms with van der Waals surface area (Å²) in [5.41, 5.74) is 1.39. The van der Waals surface area contributed by atoms with Crippen LogP contribution >= 0.6 is 0 Å². The Balaban J connectivity index is 2.02. The van der Waals surface area contributed by atoms with E-state index in [1.165, 1.54) is 12.1 Å². The Hall–Kier alpha value is -3.22. The first-order valence-electron chi connectivity index (χ1n) is 8.35. The van der Waals surface area contributed by atoms with Crippen molar-refractivity contribution in [3.05, 3.63) is 75.3 Å². The standard InChI is InChI=1S/C19H19N3O4/c1-13-15(8-5-9-16(13)22(25)26)19(24)21-11-10-20-18(23)12-17(21)14-6-3-2-4-7-14/h2-9,17H,10-12H2,1H3,(H,20,23)/t17-/m0/s1. The van der Waals surface area contributed by atoms with Gasteiger partial charge in [-0.2, -0.15) is 0 Å². The molecule has 1 aliphatic heterocycles. The molecule has 0 radical (unpaired) electrons. The molecule has 1 saturated heterocycles. The van der Waals surface area contributed by atoms with Gasteiger partial charge in [0, 0.05) is 30.3 Å². The van der Waals surface area contributed by atoms with E-state index in [1.807, 2.05) is 30.3 Å². The van der Waals surface area contributed by atoms with Crippen molar-refractivity contribution in [2.45, 2.75) is 19.4 Å². The minimum atomic E-state index is -0.492. The normalized spacial score (nSPS) is 17.3. The van der Waals surface area contributed by atoms with E-state index in [9.17, 15) is 19.7 Å². The number of carbonyl (C=O) groups excluding carboxylic acids is 2. The Morgan fingerprint density at radius 3 is 2.62 bits per heavy atom. The van der Waals surface area contributed by atoms with Gasteiger partial charge in [-0.25, -0.2) is 0 Å². The average Bonchev–Trinajstić information content (AvgIpc) is 2.83. The van der Waals surface area contributed by atoms with Gasteiger partial charge in [0.1, 0.15) is 0 Å². The first kappa shape index (κ1) is 17.6. The van der Waals surface area contributed by atoms with Gasteiger partial charge in [-0.3, -0.25) is 19.7 Å². The van der Waals surface area contributed by atoms with E-state index in [-0.39, 0.29) is 29.5 Å². The van der Waals surface area contributed by atoms with Gasteiger partial charge in [-0.15, -0.1) is 0 Å². The molecule has 0 aliphatic carbocycles. The number of rotatable bonds is 3. The van der Waals surface area contributed by atoms with Crippen molar-refractivity contribution in [1.82, 2.24) is 10.2 Å². The van der Waals surface area contributed by atoms with Crippen LogP contribution in [-0.4, -0.2) is 34.7 Å². The predicted octanol–water partition coefficient (Wildman–Crippen LogP) is 2.61. The molecule has 1 aliphatic rings. The molecule has 1 fully saturated rings. The molecule has 1 atom stereocenters. The number of hydrogen-bond acceptors (Lipinski definition) is 4. The molecule has 2 aromatic carbocycles. The molecule has 0 unspecified atom stereocenters. The largest absolute Gasteiger partial charge is 0.354 e. The molecule has 1 heterocycles. The van der Waals surface area contributed by atoms with E-state index in [0.717, 1.165) is 5.56 Å². The molecule has 1 N–H and O–H groups in total. The van der Waals surface area contributed by atoms with Gasteiger partial charge in [-0.05, 0) is 18.6 Å². The molecular formula is C19H19N3O4. The average molecular weight is 353 g/mol. The smallest absolute Gasteiger partial charge is 0.273 e. The lowest BCUT2D eigenvalue weighted by molar-refractivity contribution is -0.385. The van der Waals surface area contributed by atoms with Gasteiger partial charge in [0.15, 0.2) is 0 Å². The summed E-state index contributed by atoms with van der Waals surface area (Å²) in [5, 5.41) is 14.0. The van der Waals surface area contributed by atoms with Crippen LogP contribution in [0.2, 0.25) is 0 Å². The third-order valence-electron chi connectivity index (χ3n) is 4.61. The Morgan fingerprint density at radius 1 is 1.19 bits per heavy atom. The second kappa shape index (κ2) is 7.35. The third kappa shape index (κ3) is 3.42. The molecule has 26 heavy (non-hydrogen) atoms. The van der Waals surface area contributed by atoms with Crippen molar-refractivity contribution in [1.29, 1.82) is 0 Å². The number of carbonyl (C=O) groups is 2. The molecule has 7 nitrogen and oxygen atoms in total. The number of nitro groups is 1. The maximum atomic E-state index is 13.2. The van der Waals surface area contributed by atoms with Crippen molar-refractivity contribution in [2.75, 3.05) is 13.1 Å². The van der Waals surface area contributed by atoms with Gasteiger partial charge in [0.25, 0.3) is 11.6 Å². The van der Waals surface area contributed by atoms with Gasteiger partial charge < -0.3 is 10.2 Å². The zero-order valence-electron chi connectivity index (χ0n) is 14.3. The lowest BCUT2D eigenvalue weighted by atomic mass is 9.99. The fraction of sp³-hybridized carbons (Fsp3) is 0.263. The third-order valence-corrected chi connectivity index (χ3v) is 4.61. The molecular weight excluding hydrogens is 334 g/mol. The number of hydrogen-bond donors (Lipinski definition) is 1. The van der Waals surface area contributed by atoms with Crippen molar-refractivity contribution >= 4 is 17.5 Å². The predicted molar refractivity (Wildman–Crippen MR) is 95.7 cm³/mol. The number of nitrogens with zero attached hydrogens (tertiary/aromatic N) is 2. The number of nitrogens with one attached hydrogen (secondary N) is 1. The summed E-state index contributed by atoms with van der Waals surface area (Å²) < 4.78 is 0. The Morgan fingerprint density at radius 2 is 1.92 bits per heavy atom. The van der Waals surface area contributed by atoms with Crippen LogP contribution in [0, 0.1) is 17.0 Å². The van der Waals surface area contributed by atoms with E-state index < -0.39 is 11.0 Å². The highest BCUT2D eigenvalue weighted by atomic mass is 16.6. The molecule has 7 heteroatoms. The highest BCUT2D eigenvalue weighted by Crippen LogP contribution is 2.29. The second-order valence-electron chi connectivity index (χ2n) is 6.19. The highest BCUT2D eigenvalue weighted by molar-refractivity contribution is 5.97. The van der Waals surface area contributed by atoms with Gasteiger partial charge >= 0.3 is 0 Å². The molecule has 0 bridgehead atoms. The molecule has 0 aromatic heterocycles. The lowest BCUT2D eigenvalue weighted by Gasteiger charge is -2.30. The Kier molecular flexibility index (Phi) is 4.97. The number of benzene rings is 2. The van der Waals surface area contributed by atoms with Gasteiger partial charge in [0.2, 0.25) is 5.91 Å². The summed E-state index contributed by atoms with van der Waals surface area (Å²) in [6.45, 7) is 2.26. The summed E-state index contributed by atoms with van der Waals surface area (Å²) in [7, 11) is 0. The highest BCUT2D eigenvalue weighted by Gasteiger charge is 2.32. The first-order valence-corrected chi connectivity index (χ1v) is 8.35. The van der Waals surface area contributed by atoms with Crippen LogP contribution < -0.4 is 5.32 Å². The topological polar surface area (TPSA) is 92.6 Å². The zero-order valence-corrected chi connectivity index (χ0v) is 14.3. The Bertz CT molecular complexity index is 851. The van der Waals surface area contributed by atoms with E-state index >= 15 is 0 Å². The minimum Gasteiger partial charge on any atom is -0.354 e.